The topological polar surface area (TPSA) is 157 Å². The first-order chi connectivity index (χ1) is 18.9. The average molecular weight is 567 g/mol. The third-order valence-electron chi connectivity index (χ3n) is 5.46. The van der Waals surface area contributed by atoms with E-state index >= 15 is 0 Å². The molecule has 1 atom stereocenters. The first kappa shape index (κ1) is 27.5. The fourth-order valence-corrected chi connectivity index (χ4v) is 4.38. The number of carbonyl (C=O) groups is 2. The predicted molar refractivity (Wildman–Crippen MR) is 149 cm³/mol. The third-order valence-corrected chi connectivity index (χ3v) is 6.36. The third kappa shape index (κ3) is 7.09. The molecule has 4 aromatic rings. The molecule has 0 aliphatic carbocycles. The summed E-state index contributed by atoms with van der Waals surface area (Å²) in [5, 5.41) is 23.9. The summed E-state index contributed by atoms with van der Waals surface area (Å²) < 4.78 is 6.05. The fraction of sp³-hybridized carbons (Fsp3) is 0.160. The van der Waals surface area contributed by atoms with Gasteiger partial charge < -0.3 is 10.1 Å². The number of aromatic nitrogens is 6. The molecule has 3 N–H and O–H groups in total. The number of rotatable bonds is 9. The number of carbonyl (C=O) groups excluding carboxylic acids is 2. The van der Waals surface area contributed by atoms with Crippen LogP contribution in [0.4, 0.5) is 10.5 Å². The van der Waals surface area contributed by atoms with Gasteiger partial charge in [-0.25, -0.2) is 9.89 Å². The van der Waals surface area contributed by atoms with E-state index in [2.05, 4.69) is 41.1 Å². The van der Waals surface area contributed by atoms with E-state index in [0.29, 0.717) is 44.5 Å². The van der Waals surface area contributed by atoms with Crippen LogP contribution in [0.3, 0.4) is 0 Å². The molecule has 4 rings (SSSR count). The van der Waals surface area contributed by atoms with Crippen LogP contribution in [0.5, 0.6) is 0 Å². The van der Waals surface area contributed by atoms with Crippen molar-refractivity contribution in [3.8, 4) is 16.8 Å². The monoisotopic (exact) mass is 566 g/mol. The minimum absolute atomic E-state index is 0.366. The van der Waals surface area contributed by atoms with Crippen LogP contribution in [0.25, 0.3) is 22.9 Å². The minimum Gasteiger partial charge on any atom is -0.453 e. The maximum atomic E-state index is 12.9. The molecule has 200 valence electrons. The van der Waals surface area contributed by atoms with Crippen molar-refractivity contribution in [2.75, 3.05) is 24.4 Å². The Labute approximate surface area is 231 Å². The number of H-pyrrole nitrogens is 1. The van der Waals surface area contributed by atoms with Crippen molar-refractivity contribution in [1.82, 2.24) is 35.7 Å². The summed E-state index contributed by atoms with van der Waals surface area (Å²) in [5.41, 5.74) is 2.87. The van der Waals surface area contributed by atoms with Crippen molar-refractivity contribution >= 4 is 47.1 Å². The summed E-state index contributed by atoms with van der Waals surface area (Å²) in [6.07, 6.45) is 5.74. The summed E-state index contributed by atoms with van der Waals surface area (Å²) in [6.45, 7) is 0. The summed E-state index contributed by atoms with van der Waals surface area (Å²) in [6, 6.07) is 13.0. The zero-order chi connectivity index (χ0) is 27.8. The van der Waals surface area contributed by atoms with Gasteiger partial charge in [0.25, 0.3) is 5.56 Å². The first-order valence-electron chi connectivity index (χ1n) is 11.4. The number of nitrogens with one attached hydrogen (secondary N) is 3. The van der Waals surface area contributed by atoms with Gasteiger partial charge in [-0.15, -0.1) is 5.10 Å². The lowest BCUT2D eigenvalue weighted by Gasteiger charge is -2.17. The lowest BCUT2D eigenvalue weighted by atomic mass is 10.1. The van der Waals surface area contributed by atoms with Crippen molar-refractivity contribution in [3.63, 3.8) is 0 Å². The molecular weight excluding hydrogens is 544 g/mol. The second kappa shape index (κ2) is 12.8. The van der Waals surface area contributed by atoms with Crippen molar-refractivity contribution in [2.45, 2.75) is 6.04 Å². The Hall–Kier alpha value is -4.49. The number of amides is 2. The molecule has 2 aromatic heterocycles. The molecule has 2 aromatic carbocycles. The highest BCUT2D eigenvalue weighted by molar-refractivity contribution is 7.98. The number of anilines is 1. The van der Waals surface area contributed by atoms with Gasteiger partial charge in [0.05, 0.1) is 30.1 Å². The van der Waals surface area contributed by atoms with Gasteiger partial charge in [-0.3, -0.25) is 14.9 Å². The van der Waals surface area contributed by atoms with Crippen LogP contribution < -0.4 is 16.2 Å². The molecule has 0 fully saturated rings. The fourth-order valence-electron chi connectivity index (χ4n) is 3.61. The number of thioether (sulfide) groups is 1. The lowest BCUT2D eigenvalue weighted by Crippen LogP contribution is -2.30. The largest absolute Gasteiger partial charge is 0.453 e. The number of ether oxygens (including phenoxy) is 1. The van der Waals surface area contributed by atoms with E-state index in [-0.39, 0.29) is 5.91 Å². The van der Waals surface area contributed by atoms with Crippen LogP contribution in [0, 0.1) is 0 Å². The van der Waals surface area contributed by atoms with Crippen molar-refractivity contribution in [3.05, 3.63) is 87.6 Å². The molecule has 0 saturated heterocycles. The van der Waals surface area contributed by atoms with E-state index in [1.54, 1.807) is 54.6 Å². The van der Waals surface area contributed by atoms with E-state index < -0.39 is 17.7 Å². The highest BCUT2D eigenvalue weighted by atomic mass is 35.5. The molecular formula is C25H23ClN8O4S. The van der Waals surface area contributed by atoms with E-state index in [0.717, 1.165) is 0 Å². The molecule has 1 unspecified atom stereocenters. The van der Waals surface area contributed by atoms with E-state index in [9.17, 15) is 14.4 Å². The van der Waals surface area contributed by atoms with Gasteiger partial charge in [0.15, 0.2) is 0 Å². The Balaban J connectivity index is 1.54. The van der Waals surface area contributed by atoms with E-state index in [4.69, 9.17) is 11.6 Å². The molecule has 0 radical (unpaired) electrons. The Bertz CT molecular complexity index is 1540. The van der Waals surface area contributed by atoms with Crippen molar-refractivity contribution in [1.29, 1.82) is 0 Å². The Morgan fingerprint density at radius 2 is 2.00 bits per heavy atom. The van der Waals surface area contributed by atoms with Gasteiger partial charge >= 0.3 is 6.09 Å². The molecule has 2 amide bonds. The smallest absolute Gasteiger partial charge is 0.411 e. The van der Waals surface area contributed by atoms with Crippen molar-refractivity contribution in [2.24, 2.45) is 0 Å². The molecule has 2 heterocycles. The zero-order valence-corrected chi connectivity index (χ0v) is 22.4. The molecule has 0 spiro atoms. The maximum Gasteiger partial charge on any atom is 0.411 e. The number of hydrogen-bond acceptors (Lipinski definition) is 9. The standard InChI is InChI=1S/C25H23ClN8O4S/c1-38-25(37)28-18-7-3-15(4-8-18)19-12-20(30-31-24(19)36)21(13-39-2)29-23(35)10-5-16-11-17(26)6-9-22(16)34-14-27-32-33-34/h3-12,14,21H,13H2,1-2H3,(H,28,37)(H,29,35)(H,31,36). The van der Waals surface area contributed by atoms with Gasteiger partial charge in [0.2, 0.25) is 5.91 Å². The van der Waals surface area contributed by atoms with Crippen LogP contribution in [-0.4, -0.2) is 61.5 Å². The molecule has 0 saturated carbocycles. The van der Waals surface area contributed by atoms with Crippen molar-refractivity contribution < 1.29 is 14.3 Å². The minimum atomic E-state index is -0.599. The zero-order valence-electron chi connectivity index (χ0n) is 20.8. The summed E-state index contributed by atoms with van der Waals surface area (Å²) >= 11 is 7.67. The van der Waals surface area contributed by atoms with E-state index in [1.165, 1.54) is 36.0 Å². The SMILES string of the molecule is COC(=O)Nc1ccc(-c2cc(C(CSC)NC(=O)C=Cc3cc(Cl)ccc3-n3cnnn3)n[nH]c2=O)cc1. The summed E-state index contributed by atoms with van der Waals surface area (Å²) in [5.74, 6) is 0.136. The van der Waals surface area contributed by atoms with Gasteiger partial charge in [0.1, 0.15) is 6.33 Å². The predicted octanol–water partition coefficient (Wildman–Crippen LogP) is 3.48. The van der Waals surface area contributed by atoms with Gasteiger partial charge in [0, 0.05) is 28.1 Å². The second-order valence-corrected chi connectivity index (χ2v) is 9.38. The molecule has 0 aliphatic heterocycles. The normalized spacial score (nSPS) is 11.8. The number of halogens is 1. The quantitative estimate of drug-likeness (QED) is 0.258. The summed E-state index contributed by atoms with van der Waals surface area (Å²) in [4.78, 5) is 36.9. The Kier molecular flexibility index (Phi) is 9.07. The molecule has 14 heteroatoms. The highest BCUT2D eigenvalue weighted by Crippen LogP contribution is 2.23. The molecule has 0 aliphatic rings. The maximum absolute atomic E-state index is 12.9. The Morgan fingerprint density at radius 1 is 1.21 bits per heavy atom. The van der Waals surface area contributed by atoms with Crippen LogP contribution in [0.1, 0.15) is 17.3 Å². The number of benzene rings is 2. The van der Waals surface area contributed by atoms with Crippen LogP contribution in [0.15, 0.2) is 65.7 Å². The summed E-state index contributed by atoms with van der Waals surface area (Å²) in [7, 11) is 1.27. The van der Waals surface area contributed by atoms with Gasteiger partial charge in [-0.2, -0.15) is 21.5 Å². The number of hydrogen-bond donors (Lipinski definition) is 3. The lowest BCUT2D eigenvalue weighted by molar-refractivity contribution is -0.117. The van der Waals surface area contributed by atoms with Crippen LogP contribution >= 0.6 is 23.4 Å². The molecule has 0 bridgehead atoms. The number of nitrogens with zero attached hydrogens (tertiary/aromatic N) is 5. The van der Waals surface area contributed by atoms with E-state index in [1.807, 2.05) is 6.26 Å². The highest BCUT2D eigenvalue weighted by Gasteiger charge is 2.18. The average Bonchev–Trinajstić information content (AvgIpc) is 3.47. The first-order valence-corrected chi connectivity index (χ1v) is 13.2. The molecule has 39 heavy (non-hydrogen) atoms. The number of methoxy groups -OCH3 is 1. The number of aromatic amines is 1. The second-order valence-electron chi connectivity index (χ2n) is 8.04. The van der Waals surface area contributed by atoms with Crippen LogP contribution in [-0.2, 0) is 9.53 Å². The number of tetrazole rings is 1. The Morgan fingerprint density at radius 3 is 2.69 bits per heavy atom. The molecule has 12 nitrogen and oxygen atoms in total. The van der Waals surface area contributed by atoms with Gasteiger partial charge in [-0.05, 0) is 64.7 Å². The van der Waals surface area contributed by atoms with Crippen LogP contribution in [0.2, 0.25) is 5.02 Å². The van der Waals surface area contributed by atoms with Gasteiger partial charge in [-0.1, -0.05) is 23.7 Å².